The van der Waals surface area contributed by atoms with Crippen LogP contribution in [0.4, 0.5) is 0 Å². The summed E-state index contributed by atoms with van der Waals surface area (Å²) in [5.74, 6) is -1.44. The smallest absolute Gasteiger partial charge is 0.329 e. The Morgan fingerprint density at radius 3 is 2.67 bits per heavy atom. The third-order valence-electron chi connectivity index (χ3n) is 4.39. The minimum Gasteiger partial charge on any atom is -0.480 e. The van der Waals surface area contributed by atoms with Crippen molar-refractivity contribution in [1.82, 2.24) is 20.3 Å². The molecule has 1 aliphatic rings. The number of aromatic nitrogens is 3. The average molecular weight is 348 g/mol. The third-order valence-corrected chi connectivity index (χ3v) is 5.25. The van der Waals surface area contributed by atoms with Crippen LogP contribution >= 0.6 is 11.3 Å². The van der Waals surface area contributed by atoms with Gasteiger partial charge in [-0.2, -0.15) is 0 Å². The minimum absolute atomic E-state index is 0.149. The van der Waals surface area contributed by atoms with Crippen LogP contribution in [0.5, 0.6) is 0 Å². The van der Waals surface area contributed by atoms with Crippen LogP contribution in [0, 0.1) is 0 Å². The summed E-state index contributed by atoms with van der Waals surface area (Å²) in [5, 5.41) is 22.2. The Bertz CT molecular complexity index is 703. The quantitative estimate of drug-likeness (QED) is 0.808. The van der Waals surface area contributed by atoms with Crippen LogP contribution in [-0.4, -0.2) is 37.5 Å². The first kappa shape index (κ1) is 16.6. The molecule has 1 fully saturated rings. The van der Waals surface area contributed by atoms with Crippen molar-refractivity contribution in [2.45, 2.75) is 50.6 Å². The molecule has 0 aliphatic heterocycles. The van der Waals surface area contributed by atoms with Crippen molar-refractivity contribution in [3.63, 3.8) is 0 Å². The van der Waals surface area contributed by atoms with Gasteiger partial charge < -0.3 is 10.4 Å². The van der Waals surface area contributed by atoms with Crippen LogP contribution < -0.4 is 5.32 Å². The molecular formula is C16H20N4O3S. The summed E-state index contributed by atoms with van der Waals surface area (Å²) in [6.07, 6.45) is 6.08. The van der Waals surface area contributed by atoms with Gasteiger partial charge in [-0.05, 0) is 24.3 Å². The van der Waals surface area contributed by atoms with Gasteiger partial charge in [0.15, 0.2) is 5.69 Å². The Labute approximate surface area is 143 Å². The second kappa shape index (κ2) is 7.12. The van der Waals surface area contributed by atoms with Crippen LogP contribution in [0.15, 0.2) is 23.7 Å². The summed E-state index contributed by atoms with van der Waals surface area (Å²) in [6.45, 7) is 0.544. The summed E-state index contributed by atoms with van der Waals surface area (Å²) in [7, 11) is 0. The SMILES string of the molecule is O=C(NC1(C(=O)O)CCCCCC1)c1cn(Cc2cccs2)nn1. The highest BCUT2D eigenvalue weighted by Gasteiger charge is 2.40. The number of hydrogen-bond acceptors (Lipinski definition) is 5. The molecule has 0 radical (unpaired) electrons. The number of thiophene rings is 1. The van der Waals surface area contributed by atoms with Gasteiger partial charge in [-0.25, -0.2) is 9.48 Å². The summed E-state index contributed by atoms with van der Waals surface area (Å²) in [6, 6.07) is 3.93. The van der Waals surface area contributed by atoms with E-state index in [2.05, 4.69) is 15.6 Å². The van der Waals surface area contributed by atoms with Crippen LogP contribution in [0.25, 0.3) is 0 Å². The number of carboxylic acid groups (broad SMARTS) is 1. The summed E-state index contributed by atoms with van der Waals surface area (Å²) < 4.78 is 1.58. The topological polar surface area (TPSA) is 97.1 Å². The van der Waals surface area contributed by atoms with Crippen LogP contribution in [0.2, 0.25) is 0 Å². The second-order valence-electron chi connectivity index (χ2n) is 6.14. The molecule has 2 aromatic rings. The second-order valence-corrected chi connectivity index (χ2v) is 7.17. The van der Waals surface area contributed by atoms with Crippen molar-refractivity contribution in [3.05, 3.63) is 34.3 Å². The van der Waals surface area contributed by atoms with Crippen molar-refractivity contribution in [1.29, 1.82) is 0 Å². The highest BCUT2D eigenvalue weighted by Crippen LogP contribution is 2.27. The predicted molar refractivity (Wildman–Crippen MR) is 89.0 cm³/mol. The normalized spacial score (nSPS) is 17.2. The molecule has 2 heterocycles. The third kappa shape index (κ3) is 3.64. The van der Waals surface area contributed by atoms with Gasteiger partial charge in [0, 0.05) is 4.88 Å². The molecule has 0 aromatic carbocycles. The zero-order valence-electron chi connectivity index (χ0n) is 13.3. The number of hydrogen-bond donors (Lipinski definition) is 2. The first-order valence-corrected chi connectivity index (χ1v) is 8.95. The van der Waals surface area contributed by atoms with E-state index in [4.69, 9.17) is 0 Å². The fourth-order valence-electron chi connectivity index (χ4n) is 3.05. The van der Waals surface area contributed by atoms with E-state index in [-0.39, 0.29) is 5.69 Å². The molecular weight excluding hydrogens is 328 g/mol. The lowest BCUT2D eigenvalue weighted by Crippen LogP contribution is -2.54. The maximum absolute atomic E-state index is 12.5. The summed E-state index contributed by atoms with van der Waals surface area (Å²) >= 11 is 1.60. The molecule has 8 heteroatoms. The number of amides is 1. The van der Waals surface area contributed by atoms with Crippen LogP contribution in [-0.2, 0) is 11.3 Å². The van der Waals surface area contributed by atoms with Crippen molar-refractivity contribution in [2.24, 2.45) is 0 Å². The number of carbonyl (C=O) groups excluding carboxylic acids is 1. The van der Waals surface area contributed by atoms with E-state index in [1.165, 1.54) is 0 Å². The summed E-state index contributed by atoms with van der Waals surface area (Å²) in [5.41, 5.74) is -1.04. The summed E-state index contributed by atoms with van der Waals surface area (Å²) in [4.78, 5) is 25.3. The number of carboxylic acids is 1. The maximum Gasteiger partial charge on any atom is 0.329 e. The maximum atomic E-state index is 12.5. The van der Waals surface area contributed by atoms with Gasteiger partial charge in [0.25, 0.3) is 5.91 Å². The molecule has 128 valence electrons. The fraction of sp³-hybridized carbons (Fsp3) is 0.500. The van der Waals surface area contributed by atoms with Crippen LogP contribution in [0.3, 0.4) is 0 Å². The standard InChI is InChI=1S/C16H20N4O3S/c21-14(17-16(15(22)23)7-3-1-2-4-8-16)13-11-20(19-18-13)10-12-6-5-9-24-12/h5-6,9,11H,1-4,7-8,10H2,(H,17,21)(H,22,23). The molecule has 2 aromatic heterocycles. The molecule has 1 aliphatic carbocycles. The number of nitrogens with zero attached hydrogens (tertiary/aromatic N) is 3. The number of carbonyl (C=O) groups is 2. The van der Waals surface area contributed by atoms with Crippen molar-refractivity contribution < 1.29 is 14.7 Å². The van der Waals surface area contributed by atoms with E-state index in [9.17, 15) is 14.7 Å². The Balaban J connectivity index is 1.71. The lowest BCUT2D eigenvalue weighted by Gasteiger charge is -2.28. The average Bonchev–Trinajstić information content (AvgIpc) is 3.17. The van der Waals surface area contributed by atoms with E-state index in [1.54, 1.807) is 22.2 Å². The monoisotopic (exact) mass is 348 g/mol. The number of rotatable bonds is 5. The molecule has 1 amide bonds. The van der Waals surface area contributed by atoms with Crippen molar-refractivity contribution in [3.8, 4) is 0 Å². The molecule has 24 heavy (non-hydrogen) atoms. The van der Waals surface area contributed by atoms with Gasteiger partial charge in [-0.1, -0.05) is 37.0 Å². The predicted octanol–water partition coefficient (Wildman–Crippen LogP) is 2.30. The molecule has 0 unspecified atom stereocenters. The van der Waals surface area contributed by atoms with Gasteiger partial charge in [-0.3, -0.25) is 4.79 Å². The van der Waals surface area contributed by atoms with Crippen molar-refractivity contribution >= 4 is 23.2 Å². The largest absolute Gasteiger partial charge is 0.480 e. The van der Waals surface area contributed by atoms with Gasteiger partial charge in [0.2, 0.25) is 0 Å². The Morgan fingerprint density at radius 1 is 1.29 bits per heavy atom. The molecule has 1 saturated carbocycles. The zero-order valence-corrected chi connectivity index (χ0v) is 14.1. The molecule has 2 N–H and O–H groups in total. The van der Waals surface area contributed by atoms with E-state index in [1.807, 2.05) is 17.5 Å². The van der Waals surface area contributed by atoms with Gasteiger partial charge in [0.05, 0.1) is 12.7 Å². The Hall–Kier alpha value is -2.22. The Kier molecular flexibility index (Phi) is 4.94. The van der Waals surface area contributed by atoms with Crippen LogP contribution in [0.1, 0.15) is 53.9 Å². The highest BCUT2D eigenvalue weighted by molar-refractivity contribution is 7.09. The molecule has 0 saturated heterocycles. The molecule has 3 rings (SSSR count). The van der Waals surface area contributed by atoms with Gasteiger partial charge >= 0.3 is 5.97 Å². The van der Waals surface area contributed by atoms with E-state index in [0.717, 1.165) is 30.6 Å². The zero-order chi connectivity index (χ0) is 17.0. The van der Waals surface area contributed by atoms with Crippen molar-refractivity contribution in [2.75, 3.05) is 0 Å². The lowest BCUT2D eigenvalue weighted by molar-refractivity contribution is -0.145. The van der Waals surface area contributed by atoms with Gasteiger partial charge in [0.1, 0.15) is 5.54 Å². The first-order chi connectivity index (χ1) is 11.6. The molecule has 0 atom stereocenters. The highest BCUT2D eigenvalue weighted by atomic mass is 32.1. The van der Waals surface area contributed by atoms with E-state index in [0.29, 0.717) is 19.4 Å². The van der Waals surface area contributed by atoms with E-state index < -0.39 is 17.4 Å². The fourth-order valence-corrected chi connectivity index (χ4v) is 3.74. The van der Waals surface area contributed by atoms with E-state index >= 15 is 0 Å². The molecule has 0 bridgehead atoms. The molecule has 0 spiro atoms. The number of aliphatic carboxylic acids is 1. The minimum atomic E-state index is -1.19. The Morgan fingerprint density at radius 2 is 2.04 bits per heavy atom. The molecule has 7 nitrogen and oxygen atoms in total. The number of nitrogens with one attached hydrogen (secondary N) is 1. The van der Waals surface area contributed by atoms with Gasteiger partial charge in [-0.15, -0.1) is 16.4 Å². The first-order valence-electron chi connectivity index (χ1n) is 8.07. The lowest BCUT2D eigenvalue weighted by atomic mass is 9.90.